The molecular formula is C14H25N3O2. The van der Waals surface area contributed by atoms with Gasteiger partial charge in [0.1, 0.15) is 5.69 Å². The van der Waals surface area contributed by atoms with Gasteiger partial charge in [-0.3, -0.25) is 9.48 Å². The van der Waals surface area contributed by atoms with E-state index in [1.165, 1.54) is 0 Å². The van der Waals surface area contributed by atoms with Gasteiger partial charge in [0.15, 0.2) is 0 Å². The summed E-state index contributed by atoms with van der Waals surface area (Å²) in [6.07, 6.45) is 1.13. The van der Waals surface area contributed by atoms with E-state index in [2.05, 4.69) is 24.3 Å². The first-order valence-corrected chi connectivity index (χ1v) is 7.03. The monoisotopic (exact) mass is 267 g/mol. The Labute approximate surface area is 115 Å². The third-order valence-electron chi connectivity index (χ3n) is 3.04. The lowest BCUT2D eigenvalue weighted by Gasteiger charge is -2.11. The van der Waals surface area contributed by atoms with Gasteiger partial charge in [-0.2, -0.15) is 5.10 Å². The van der Waals surface area contributed by atoms with Crippen LogP contribution in [0.15, 0.2) is 6.07 Å². The van der Waals surface area contributed by atoms with Crippen LogP contribution in [0.1, 0.15) is 62.6 Å². The summed E-state index contributed by atoms with van der Waals surface area (Å²) in [5, 5.41) is 16.8. The zero-order valence-corrected chi connectivity index (χ0v) is 12.3. The van der Waals surface area contributed by atoms with Crippen LogP contribution < -0.4 is 5.32 Å². The van der Waals surface area contributed by atoms with Gasteiger partial charge in [0.05, 0.1) is 11.8 Å². The largest absolute Gasteiger partial charge is 0.391 e. The molecule has 0 bridgehead atoms. The van der Waals surface area contributed by atoms with Crippen molar-refractivity contribution < 1.29 is 9.90 Å². The highest BCUT2D eigenvalue weighted by Gasteiger charge is 2.16. The molecule has 1 unspecified atom stereocenters. The Bertz CT molecular complexity index is 413. The molecule has 1 aromatic rings. The second-order valence-electron chi connectivity index (χ2n) is 5.08. The molecule has 19 heavy (non-hydrogen) atoms. The Kier molecular flexibility index (Phi) is 6.02. The molecule has 0 radical (unpaired) electrons. The molecule has 0 spiro atoms. The van der Waals surface area contributed by atoms with E-state index in [1.807, 2.05) is 19.9 Å². The number of amides is 1. The number of aryl methyl sites for hydroxylation is 1. The number of hydrogen-bond acceptors (Lipinski definition) is 3. The SMILES string of the molecule is CCCC(O)CNC(=O)c1cc(C(C)C)nn1CC. The molecule has 0 saturated carbocycles. The van der Waals surface area contributed by atoms with Gasteiger partial charge in [-0.05, 0) is 25.3 Å². The van der Waals surface area contributed by atoms with Crippen molar-refractivity contribution in [3.05, 3.63) is 17.5 Å². The standard InChI is InChI=1S/C14H25N3O2/c1-5-7-11(18)9-15-14(19)13-8-12(10(3)4)16-17(13)6-2/h8,10-11,18H,5-7,9H2,1-4H3,(H,15,19). The van der Waals surface area contributed by atoms with E-state index in [4.69, 9.17) is 0 Å². The first-order chi connectivity index (χ1) is 8.99. The first kappa shape index (κ1) is 15.7. The predicted molar refractivity (Wildman–Crippen MR) is 75.2 cm³/mol. The molecule has 2 N–H and O–H groups in total. The highest BCUT2D eigenvalue weighted by atomic mass is 16.3. The van der Waals surface area contributed by atoms with Crippen molar-refractivity contribution in [2.24, 2.45) is 0 Å². The van der Waals surface area contributed by atoms with Crippen LogP contribution in [-0.2, 0) is 6.54 Å². The Morgan fingerprint density at radius 3 is 2.68 bits per heavy atom. The second kappa shape index (κ2) is 7.28. The van der Waals surface area contributed by atoms with Crippen LogP contribution in [-0.4, -0.2) is 33.4 Å². The maximum Gasteiger partial charge on any atom is 0.269 e. The smallest absolute Gasteiger partial charge is 0.269 e. The highest BCUT2D eigenvalue weighted by molar-refractivity contribution is 5.92. The lowest BCUT2D eigenvalue weighted by Crippen LogP contribution is -2.33. The molecule has 0 aromatic carbocycles. The Hall–Kier alpha value is -1.36. The van der Waals surface area contributed by atoms with E-state index >= 15 is 0 Å². The lowest BCUT2D eigenvalue weighted by molar-refractivity contribution is 0.0899. The van der Waals surface area contributed by atoms with Crippen molar-refractivity contribution in [2.75, 3.05) is 6.54 Å². The van der Waals surface area contributed by atoms with E-state index in [0.29, 0.717) is 31.1 Å². The summed E-state index contributed by atoms with van der Waals surface area (Å²) < 4.78 is 1.71. The van der Waals surface area contributed by atoms with Crippen molar-refractivity contribution in [1.82, 2.24) is 15.1 Å². The van der Waals surface area contributed by atoms with Crippen molar-refractivity contribution in [3.8, 4) is 0 Å². The number of aliphatic hydroxyl groups excluding tert-OH is 1. The van der Waals surface area contributed by atoms with Crippen LogP contribution in [0.25, 0.3) is 0 Å². The summed E-state index contributed by atoms with van der Waals surface area (Å²) in [4.78, 5) is 12.1. The van der Waals surface area contributed by atoms with Gasteiger partial charge in [0.2, 0.25) is 0 Å². The summed E-state index contributed by atoms with van der Waals surface area (Å²) in [6, 6.07) is 1.83. The molecule has 1 rings (SSSR count). The van der Waals surface area contributed by atoms with Crippen LogP contribution >= 0.6 is 0 Å². The molecule has 1 aromatic heterocycles. The average Bonchev–Trinajstić information content (AvgIpc) is 2.80. The van der Waals surface area contributed by atoms with Gasteiger partial charge >= 0.3 is 0 Å². The first-order valence-electron chi connectivity index (χ1n) is 7.03. The lowest BCUT2D eigenvalue weighted by atomic mass is 10.1. The molecule has 5 heteroatoms. The van der Waals surface area contributed by atoms with Gasteiger partial charge < -0.3 is 10.4 Å². The van der Waals surface area contributed by atoms with Crippen LogP contribution in [0.3, 0.4) is 0 Å². The fourth-order valence-electron chi connectivity index (χ4n) is 1.88. The third kappa shape index (κ3) is 4.35. The fourth-order valence-corrected chi connectivity index (χ4v) is 1.88. The van der Waals surface area contributed by atoms with Gasteiger partial charge in [-0.15, -0.1) is 0 Å². The highest BCUT2D eigenvalue weighted by Crippen LogP contribution is 2.14. The Balaban J connectivity index is 2.70. The third-order valence-corrected chi connectivity index (χ3v) is 3.04. The molecule has 0 fully saturated rings. The van der Waals surface area contributed by atoms with Crippen LogP contribution in [0.2, 0.25) is 0 Å². The quantitative estimate of drug-likeness (QED) is 0.793. The molecule has 0 aliphatic rings. The number of rotatable bonds is 7. The van der Waals surface area contributed by atoms with E-state index in [-0.39, 0.29) is 5.91 Å². The number of carbonyl (C=O) groups is 1. The molecule has 0 aliphatic heterocycles. The molecule has 5 nitrogen and oxygen atoms in total. The minimum absolute atomic E-state index is 0.170. The number of hydrogen-bond donors (Lipinski definition) is 2. The summed E-state index contributed by atoms with van der Waals surface area (Å²) in [5.41, 5.74) is 1.48. The van der Waals surface area contributed by atoms with Crippen molar-refractivity contribution in [1.29, 1.82) is 0 Å². The summed E-state index contributed by atoms with van der Waals surface area (Å²) in [6.45, 7) is 9.02. The predicted octanol–water partition coefficient (Wildman–Crippen LogP) is 1.92. The van der Waals surface area contributed by atoms with E-state index in [1.54, 1.807) is 4.68 Å². The molecule has 1 heterocycles. The molecule has 0 aliphatic carbocycles. The molecule has 108 valence electrons. The van der Waals surface area contributed by atoms with Gasteiger partial charge in [-0.25, -0.2) is 0 Å². The number of nitrogens with zero attached hydrogens (tertiary/aromatic N) is 2. The number of aromatic nitrogens is 2. The summed E-state index contributed by atoms with van der Waals surface area (Å²) >= 11 is 0. The van der Waals surface area contributed by atoms with Crippen molar-refractivity contribution in [3.63, 3.8) is 0 Å². The van der Waals surface area contributed by atoms with E-state index in [0.717, 1.165) is 12.1 Å². The Morgan fingerprint density at radius 1 is 1.47 bits per heavy atom. The molecule has 0 saturated heterocycles. The van der Waals surface area contributed by atoms with Crippen molar-refractivity contribution in [2.45, 2.75) is 59.1 Å². The maximum absolute atomic E-state index is 12.1. The minimum atomic E-state index is -0.475. The number of aliphatic hydroxyl groups is 1. The molecule has 1 amide bonds. The normalized spacial score (nSPS) is 12.7. The second-order valence-corrected chi connectivity index (χ2v) is 5.08. The van der Waals surface area contributed by atoms with Crippen LogP contribution in [0, 0.1) is 0 Å². The maximum atomic E-state index is 12.1. The fraction of sp³-hybridized carbons (Fsp3) is 0.714. The Morgan fingerprint density at radius 2 is 2.16 bits per heavy atom. The average molecular weight is 267 g/mol. The van der Waals surface area contributed by atoms with Crippen LogP contribution in [0.5, 0.6) is 0 Å². The number of carbonyl (C=O) groups excluding carboxylic acids is 1. The number of nitrogens with one attached hydrogen (secondary N) is 1. The summed E-state index contributed by atoms with van der Waals surface area (Å²) in [5.74, 6) is 0.126. The van der Waals surface area contributed by atoms with Gasteiger partial charge in [0.25, 0.3) is 5.91 Å². The minimum Gasteiger partial charge on any atom is -0.391 e. The zero-order valence-electron chi connectivity index (χ0n) is 12.3. The van der Waals surface area contributed by atoms with Crippen LogP contribution in [0.4, 0.5) is 0 Å². The van der Waals surface area contributed by atoms with Gasteiger partial charge in [0, 0.05) is 13.1 Å². The zero-order chi connectivity index (χ0) is 14.4. The topological polar surface area (TPSA) is 67.2 Å². The van der Waals surface area contributed by atoms with Crippen molar-refractivity contribution >= 4 is 5.91 Å². The molecule has 1 atom stereocenters. The summed E-state index contributed by atoms with van der Waals surface area (Å²) in [7, 11) is 0. The van der Waals surface area contributed by atoms with E-state index < -0.39 is 6.10 Å². The van der Waals surface area contributed by atoms with Gasteiger partial charge in [-0.1, -0.05) is 27.2 Å². The van der Waals surface area contributed by atoms with E-state index in [9.17, 15) is 9.90 Å². The molecular weight excluding hydrogens is 242 g/mol.